The monoisotopic (exact) mass is 230 g/mol. The Morgan fingerprint density at radius 3 is 2.88 bits per heavy atom. The predicted octanol–water partition coefficient (Wildman–Crippen LogP) is 1.98. The Morgan fingerprint density at radius 1 is 1.41 bits per heavy atom. The molecule has 1 aliphatic heterocycles. The highest BCUT2D eigenvalue weighted by Crippen LogP contribution is 2.20. The lowest BCUT2D eigenvalue weighted by atomic mass is 10.2. The molecule has 0 N–H and O–H groups in total. The van der Waals surface area contributed by atoms with Gasteiger partial charge in [0.1, 0.15) is 5.70 Å². The topological polar surface area (TPSA) is 41.9 Å². The van der Waals surface area contributed by atoms with E-state index < -0.39 is 0 Å². The van der Waals surface area contributed by atoms with Crippen molar-refractivity contribution >= 4 is 17.9 Å². The largest absolute Gasteiger partial charge is 0.461 e. The summed E-state index contributed by atoms with van der Waals surface area (Å²) < 4.78 is 5.01. The summed E-state index contributed by atoms with van der Waals surface area (Å²) in [6.45, 7) is 2.73. The Morgan fingerprint density at radius 2 is 2.18 bits per heavy atom. The number of esters is 1. The van der Waals surface area contributed by atoms with Gasteiger partial charge in [-0.15, -0.1) is 0 Å². The SMILES string of the molecule is CCOC(=O)C1=CN=CCN1c1ccccc1. The van der Waals surface area contributed by atoms with Crippen LogP contribution in [0.2, 0.25) is 0 Å². The second kappa shape index (κ2) is 5.30. The number of benzene rings is 1. The van der Waals surface area contributed by atoms with Crippen molar-refractivity contribution in [2.24, 2.45) is 4.99 Å². The first-order valence-corrected chi connectivity index (χ1v) is 5.54. The number of carbonyl (C=O) groups excluding carboxylic acids is 1. The van der Waals surface area contributed by atoms with Crippen LogP contribution in [-0.4, -0.2) is 25.3 Å². The first kappa shape index (κ1) is 11.4. The van der Waals surface area contributed by atoms with Gasteiger partial charge in [-0.05, 0) is 19.1 Å². The normalized spacial score (nSPS) is 14.4. The lowest BCUT2D eigenvalue weighted by Gasteiger charge is -2.25. The fourth-order valence-electron chi connectivity index (χ4n) is 1.64. The smallest absolute Gasteiger partial charge is 0.356 e. The minimum atomic E-state index is -0.340. The van der Waals surface area contributed by atoms with Crippen molar-refractivity contribution in [1.82, 2.24) is 0 Å². The summed E-state index contributed by atoms with van der Waals surface area (Å²) in [7, 11) is 0. The molecule has 4 heteroatoms. The zero-order valence-corrected chi connectivity index (χ0v) is 9.67. The molecular weight excluding hydrogens is 216 g/mol. The van der Waals surface area contributed by atoms with E-state index >= 15 is 0 Å². The highest BCUT2D eigenvalue weighted by atomic mass is 16.5. The molecule has 1 aromatic rings. The van der Waals surface area contributed by atoms with E-state index in [1.165, 1.54) is 6.20 Å². The van der Waals surface area contributed by atoms with Crippen LogP contribution in [0.1, 0.15) is 6.92 Å². The third-order valence-corrected chi connectivity index (χ3v) is 2.41. The van der Waals surface area contributed by atoms with E-state index in [-0.39, 0.29) is 5.97 Å². The van der Waals surface area contributed by atoms with E-state index in [4.69, 9.17) is 4.74 Å². The summed E-state index contributed by atoms with van der Waals surface area (Å²) in [4.78, 5) is 17.7. The van der Waals surface area contributed by atoms with Crippen molar-refractivity contribution in [3.8, 4) is 0 Å². The molecule has 0 radical (unpaired) electrons. The summed E-state index contributed by atoms with van der Waals surface area (Å²) in [6.07, 6.45) is 3.30. The zero-order valence-electron chi connectivity index (χ0n) is 9.67. The Balaban J connectivity index is 2.25. The van der Waals surface area contributed by atoms with Crippen molar-refractivity contribution in [3.63, 3.8) is 0 Å². The minimum Gasteiger partial charge on any atom is -0.461 e. The predicted molar refractivity (Wildman–Crippen MR) is 67.0 cm³/mol. The molecule has 0 spiro atoms. The standard InChI is InChI=1S/C13H14N2O2/c1-2-17-13(16)12-10-14-8-9-15(12)11-6-4-3-5-7-11/h3-8,10H,2,9H2,1H3. The maximum atomic E-state index is 11.8. The van der Waals surface area contributed by atoms with E-state index in [0.29, 0.717) is 18.8 Å². The molecule has 0 amide bonds. The molecule has 1 aliphatic rings. The third kappa shape index (κ3) is 2.53. The van der Waals surface area contributed by atoms with Gasteiger partial charge in [0.15, 0.2) is 0 Å². The fraction of sp³-hybridized carbons (Fsp3) is 0.231. The van der Waals surface area contributed by atoms with Crippen LogP contribution in [-0.2, 0) is 9.53 Å². The highest BCUT2D eigenvalue weighted by molar-refractivity contribution is 5.95. The Kier molecular flexibility index (Phi) is 3.55. The molecule has 0 atom stereocenters. The van der Waals surface area contributed by atoms with Crippen molar-refractivity contribution in [1.29, 1.82) is 0 Å². The molecule has 4 nitrogen and oxygen atoms in total. The van der Waals surface area contributed by atoms with Crippen LogP contribution >= 0.6 is 0 Å². The van der Waals surface area contributed by atoms with Crippen LogP contribution in [0.3, 0.4) is 0 Å². The molecule has 88 valence electrons. The van der Waals surface area contributed by atoms with Gasteiger partial charge in [0.25, 0.3) is 0 Å². The van der Waals surface area contributed by atoms with Crippen LogP contribution in [0.5, 0.6) is 0 Å². The van der Waals surface area contributed by atoms with Gasteiger partial charge in [-0.25, -0.2) is 4.79 Å². The molecule has 2 rings (SSSR count). The number of anilines is 1. The molecule has 17 heavy (non-hydrogen) atoms. The van der Waals surface area contributed by atoms with Gasteiger partial charge in [-0.2, -0.15) is 0 Å². The van der Waals surface area contributed by atoms with Gasteiger partial charge in [0.05, 0.1) is 19.4 Å². The number of aliphatic imine (C=N–C) groups is 1. The van der Waals surface area contributed by atoms with Gasteiger partial charge >= 0.3 is 5.97 Å². The van der Waals surface area contributed by atoms with E-state index in [2.05, 4.69) is 4.99 Å². The average Bonchev–Trinajstić information content (AvgIpc) is 2.40. The number of nitrogens with zero attached hydrogens (tertiary/aromatic N) is 2. The Bertz CT molecular complexity index is 452. The van der Waals surface area contributed by atoms with Gasteiger partial charge in [0.2, 0.25) is 0 Å². The molecule has 1 aromatic carbocycles. The van der Waals surface area contributed by atoms with Gasteiger partial charge in [-0.3, -0.25) is 4.99 Å². The van der Waals surface area contributed by atoms with Gasteiger partial charge in [0, 0.05) is 11.9 Å². The lowest BCUT2D eigenvalue weighted by molar-refractivity contribution is -0.138. The summed E-state index contributed by atoms with van der Waals surface area (Å²) >= 11 is 0. The molecule has 0 aliphatic carbocycles. The van der Waals surface area contributed by atoms with Crippen molar-refractivity contribution in [3.05, 3.63) is 42.2 Å². The van der Waals surface area contributed by atoms with Crippen LogP contribution < -0.4 is 4.90 Å². The molecule has 0 unspecified atom stereocenters. The molecule has 0 bridgehead atoms. The highest BCUT2D eigenvalue weighted by Gasteiger charge is 2.21. The zero-order chi connectivity index (χ0) is 12.1. The fourth-order valence-corrected chi connectivity index (χ4v) is 1.64. The molecule has 0 saturated carbocycles. The number of ether oxygens (including phenoxy) is 1. The average molecular weight is 230 g/mol. The van der Waals surface area contributed by atoms with Crippen LogP contribution in [0.25, 0.3) is 0 Å². The quantitative estimate of drug-likeness (QED) is 0.746. The Labute approximate surface area is 100 Å². The second-order valence-corrected chi connectivity index (χ2v) is 3.51. The van der Waals surface area contributed by atoms with E-state index in [1.54, 1.807) is 13.1 Å². The maximum Gasteiger partial charge on any atom is 0.356 e. The number of carbonyl (C=O) groups is 1. The molecule has 0 saturated heterocycles. The van der Waals surface area contributed by atoms with E-state index in [9.17, 15) is 4.79 Å². The molecular formula is C13H14N2O2. The number of rotatable bonds is 3. The summed E-state index contributed by atoms with van der Waals surface area (Å²) in [5.41, 5.74) is 1.43. The van der Waals surface area contributed by atoms with Crippen molar-refractivity contribution < 1.29 is 9.53 Å². The van der Waals surface area contributed by atoms with E-state index in [0.717, 1.165) is 5.69 Å². The number of hydrogen-bond acceptors (Lipinski definition) is 4. The third-order valence-electron chi connectivity index (χ3n) is 2.41. The van der Waals surface area contributed by atoms with E-state index in [1.807, 2.05) is 35.2 Å². The van der Waals surface area contributed by atoms with Crippen LogP contribution in [0.4, 0.5) is 5.69 Å². The maximum absolute atomic E-state index is 11.8. The molecule has 1 heterocycles. The molecule has 0 fully saturated rings. The number of hydrogen-bond donors (Lipinski definition) is 0. The summed E-state index contributed by atoms with van der Waals surface area (Å²) in [5, 5.41) is 0. The number of para-hydroxylation sites is 1. The second-order valence-electron chi connectivity index (χ2n) is 3.51. The summed E-state index contributed by atoms with van der Waals surface area (Å²) in [5.74, 6) is -0.340. The van der Waals surface area contributed by atoms with Crippen LogP contribution in [0, 0.1) is 0 Å². The van der Waals surface area contributed by atoms with Crippen molar-refractivity contribution in [2.45, 2.75) is 6.92 Å². The minimum absolute atomic E-state index is 0.340. The first-order chi connectivity index (χ1) is 8.33. The molecule has 0 aromatic heterocycles. The first-order valence-electron chi connectivity index (χ1n) is 5.54. The summed E-state index contributed by atoms with van der Waals surface area (Å²) in [6, 6.07) is 9.71. The van der Waals surface area contributed by atoms with Gasteiger partial charge < -0.3 is 9.64 Å². The lowest BCUT2D eigenvalue weighted by Crippen LogP contribution is -2.32. The Hall–Kier alpha value is -2.10. The van der Waals surface area contributed by atoms with Crippen molar-refractivity contribution in [2.75, 3.05) is 18.1 Å². The van der Waals surface area contributed by atoms with Crippen LogP contribution in [0.15, 0.2) is 47.2 Å². The van der Waals surface area contributed by atoms with Gasteiger partial charge in [-0.1, -0.05) is 18.2 Å².